The highest BCUT2D eigenvalue weighted by molar-refractivity contribution is 8.38. The number of fused-ring (bicyclic) bond motifs is 2. The van der Waals surface area contributed by atoms with Crippen LogP contribution in [0.5, 0.6) is 5.88 Å². The third kappa shape index (κ3) is 4.81. The molecule has 0 radical (unpaired) electrons. The molecular formula is C20H17F3N4O2S2. The molecule has 1 aliphatic heterocycles. The number of alkyl halides is 3. The summed E-state index contributed by atoms with van der Waals surface area (Å²) in [5, 5.41) is 27.2. The van der Waals surface area contributed by atoms with Gasteiger partial charge in [-0.25, -0.2) is 0 Å². The minimum atomic E-state index is -4.48. The SMILES string of the molecule is N#Cc1cc(C(F)(F)F)ccc1CSC1=NC2(CC2)c2cc(OCCCO)nnc2S1. The zero-order valence-electron chi connectivity index (χ0n) is 16.1. The first-order chi connectivity index (χ1) is 14.8. The topological polar surface area (TPSA) is 91.4 Å². The van der Waals surface area contributed by atoms with Crippen molar-refractivity contribution < 1.29 is 23.0 Å². The molecule has 1 saturated carbocycles. The molecule has 0 unspecified atom stereocenters. The fraction of sp³-hybridized carbons (Fsp3) is 0.400. The van der Waals surface area contributed by atoms with Crippen LogP contribution >= 0.6 is 23.5 Å². The number of benzene rings is 1. The number of nitriles is 1. The molecule has 6 nitrogen and oxygen atoms in total. The lowest BCUT2D eigenvalue weighted by Gasteiger charge is -2.22. The highest BCUT2D eigenvalue weighted by Gasteiger charge is 2.49. The van der Waals surface area contributed by atoms with Crippen molar-refractivity contribution in [3.8, 4) is 11.9 Å². The summed E-state index contributed by atoms with van der Waals surface area (Å²) in [6, 6.07) is 6.92. The number of nitrogens with zero attached hydrogens (tertiary/aromatic N) is 4. The summed E-state index contributed by atoms with van der Waals surface area (Å²) < 4.78 is 44.9. The summed E-state index contributed by atoms with van der Waals surface area (Å²) in [6.07, 6.45) is -2.24. The maximum absolute atomic E-state index is 12.9. The van der Waals surface area contributed by atoms with Gasteiger partial charge in [-0.2, -0.15) is 18.4 Å². The lowest BCUT2D eigenvalue weighted by atomic mass is 10.1. The largest absolute Gasteiger partial charge is 0.476 e. The first-order valence-corrected chi connectivity index (χ1v) is 11.3. The summed E-state index contributed by atoms with van der Waals surface area (Å²) in [5.41, 5.74) is 0.308. The second-order valence-corrected chi connectivity index (χ2v) is 9.31. The van der Waals surface area contributed by atoms with Crippen molar-refractivity contribution in [2.24, 2.45) is 4.99 Å². The van der Waals surface area contributed by atoms with Gasteiger partial charge in [-0.05, 0) is 42.3 Å². The van der Waals surface area contributed by atoms with Crippen LogP contribution in [-0.4, -0.2) is 32.9 Å². The van der Waals surface area contributed by atoms with Crippen molar-refractivity contribution in [3.05, 3.63) is 46.5 Å². The Labute approximate surface area is 184 Å². The van der Waals surface area contributed by atoms with Crippen molar-refractivity contribution in [2.45, 2.75) is 41.8 Å². The number of hydrogen-bond acceptors (Lipinski definition) is 8. The molecule has 1 aromatic heterocycles. The molecule has 4 rings (SSSR count). The number of rotatable bonds is 6. The standard InChI is InChI=1S/C20H17F3N4O2S2/c21-20(22,23)14-3-2-12(13(8-14)10-24)11-30-18-25-19(4-5-19)15-9-16(29-7-1-6-28)26-27-17(15)31-18/h2-3,8-9,28H,1,4-7,11H2. The van der Waals surface area contributed by atoms with E-state index >= 15 is 0 Å². The van der Waals surface area contributed by atoms with Gasteiger partial charge in [0.05, 0.1) is 29.3 Å². The molecule has 0 saturated heterocycles. The number of ether oxygens (including phenoxy) is 1. The van der Waals surface area contributed by atoms with Gasteiger partial charge in [0.1, 0.15) is 9.40 Å². The van der Waals surface area contributed by atoms with Gasteiger partial charge in [-0.15, -0.1) is 10.2 Å². The fourth-order valence-electron chi connectivity index (χ4n) is 3.11. The number of halogens is 3. The van der Waals surface area contributed by atoms with Crippen LogP contribution in [0, 0.1) is 11.3 Å². The van der Waals surface area contributed by atoms with Crippen LogP contribution in [0.3, 0.4) is 0 Å². The molecule has 2 heterocycles. The van der Waals surface area contributed by atoms with Gasteiger partial charge >= 0.3 is 6.18 Å². The normalized spacial score (nSPS) is 16.4. The van der Waals surface area contributed by atoms with E-state index in [2.05, 4.69) is 10.2 Å². The smallest absolute Gasteiger partial charge is 0.416 e. The average molecular weight is 467 g/mol. The molecule has 1 N–H and O–H groups in total. The molecule has 2 aliphatic rings. The van der Waals surface area contributed by atoms with Crippen LogP contribution in [-0.2, 0) is 17.5 Å². The van der Waals surface area contributed by atoms with Crippen LogP contribution in [0.25, 0.3) is 0 Å². The van der Waals surface area contributed by atoms with E-state index in [1.807, 2.05) is 12.1 Å². The third-order valence-electron chi connectivity index (χ3n) is 4.91. The quantitative estimate of drug-likeness (QED) is 0.626. The van der Waals surface area contributed by atoms with E-state index in [9.17, 15) is 18.4 Å². The number of aliphatic hydroxyl groups is 1. The predicted molar refractivity (Wildman–Crippen MR) is 111 cm³/mol. The molecule has 11 heteroatoms. The van der Waals surface area contributed by atoms with Crippen molar-refractivity contribution in [2.75, 3.05) is 13.2 Å². The summed E-state index contributed by atoms with van der Waals surface area (Å²) in [5.74, 6) is 0.724. The summed E-state index contributed by atoms with van der Waals surface area (Å²) >= 11 is 2.73. The highest BCUT2D eigenvalue weighted by Crippen LogP contribution is 2.56. The Balaban J connectivity index is 1.48. The Hall–Kier alpha value is -2.29. The zero-order valence-corrected chi connectivity index (χ0v) is 17.8. The fourth-order valence-corrected chi connectivity index (χ4v) is 5.35. The van der Waals surface area contributed by atoms with Crippen LogP contribution < -0.4 is 4.74 Å². The van der Waals surface area contributed by atoms with Gasteiger partial charge in [0, 0.05) is 30.4 Å². The van der Waals surface area contributed by atoms with E-state index in [1.165, 1.54) is 29.6 Å². The van der Waals surface area contributed by atoms with Crippen molar-refractivity contribution in [1.82, 2.24) is 10.2 Å². The van der Waals surface area contributed by atoms with E-state index in [1.54, 1.807) is 0 Å². The Morgan fingerprint density at radius 3 is 2.74 bits per heavy atom. The van der Waals surface area contributed by atoms with Crippen LogP contribution in [0.15, 0.2) is 34.3 Å². The van der Waals surface area contributed by atoms with E-state index in [4.69, 9.17) is 14.8 Å². The Morgan fingerprint density at radius 2 is 2.06 bits per heavy atom. The molecule has 0 atom stereocenters. The average Bonchev–Trinajstić information content (AvgIpc) is 3.51. The van der Waals surface area contributed by atoms with E-state index < -0.39 is 11.7 Å². The second kappa shape index (κ2) is 8.68. The van der Waals surface area contributed by atoms with Gasteiger partial charge in [-0.3, -0.25) is 4.99 Å². The number of aromatic nitrogens is 2. The number of thioether (sulfide) groups is 2. The first kappa shape index (κ1) is 21.9. The zero-order chi connectivity index (χ0) is 22.1. The monoisotopic (exact) mass is 466 g/mol. The third-order valence-corrected chi connectivity index (χ3v) is 7.07. The van der Waals surface area contributed by atoms with Crippen LogP contribution in [0.4, 0.5) is 13.2 Å². The maximum Gasteiger partial charge on any atom is 0.416 e. The predicted octanol–water partition coefficient (Wildman–Crippen LogP) is 4.51. The summed E-state index contributed by atoms with van der Waals surface area (Å²) in [7, 11) is 0. The molecule has 0 amide bonds. The number of aliphatic imine (C=N–C) groups is 1. The lowest BCUT2D eigenvalue weighted by Crippen LogP contribution is -2.15. The molecule has 162 valence electrons. The molecule has 1 aliphatic carbocycles. The number of hydrogen-bond donors (Lipinski definition) is 1. The van der Waals surface area contributed by atoms with Crippen molar-refractivity contribution in [1.29, 1.82) is 5.26 Å². The summed E-state index contributed by atoms with van der Waals surface area (Å²) in [6.45, 7) is 0.387. The maximum atomic E-state index is 12.9. The van der Waals surface area contributed by atoms with Gasteiger partial charge in [-0.1, -0.05) is 17.8 Å². The Bertz CT molecular complexity index is 1070. The first-order valence-electron chi connectivity index (χ1n) is 9.47. The minimum Gasteiger partial charge on any atom is -0.476 e. The molecule has 1 spiro atoms. The molecule has 2 aromatic rings. The van der Waals surface area contributed by atoms with E-state index in [0.717, 1.165) is 39.9 Å². The molecule has 1 fully saturated rings. The Kier molecular flexibility index (Phi) is 6.14. The molecule has 31 heavy (non-hydrogen) atoms. The van der Waals surface area contributed by atoms with Crippen molar-refractivity contribution in [3.63, 3.8) is 0 Å². The van der Waals surface area contributed by atoms with Gasteiger partial charge < -0.3 is 9.84 Å². The van der Waals surface area contributed by atoms with Crippen LogP contribution in [0.1, 0.15) is 41.5 Å². The second-order valence-electron chi connectivity index (χ2n) is 7.11. The highest BCUT2D eigenvalue weighted by atomic mass is 32.2. The minimum absolute atomic E-state index is 0.00901. The van der Waals surface area contributed by atoms with Gasteiger partial charge in [0.2, 0.25) is 5.88 Å². The van der Waals surface area contributed by atoms with E-state index in [-0.39, 0.29) is 17.7 Å². The lowest BCUT2D eigenvalue weighted by molar-refractivity contribution is -0.137. The van der Waals surface area contributed by atoms with Gasteiger partial charge in [0.25, 0.3) is 0 Å². The van der Waals surface area contributed by atoms with Crippen LogP contribution in [0.2, 0.25) is 0 Å². The van der Waals surface area contributed by atoms with Crippen molar-refractivity contribution >= 4 is 27.9 Å². The van der Waals surface area contributed by atoms with E-state index in [0.29, 0.717) is 30.2 Å². The molecular weight excluding hydrogens is 449 g/mol. The Morgan fingerprint density at radius 1 is 1.26 bits per heavy atom. The molecule has 1 aromatic carbocycles. The van der Waals surface area contributed by atoms with Gasteiger partial charge in [0.15, 0.2) is 0 Å². The molecule has 0 bridgehead atoms. The summed E-state index contributed by atoms with van der Waals surface area (Å²) in [4.78, 5) is 4.85. The number of aliphatic hydroxyl groups excluding tert-OH is 1.